The van der Waals surface area contributed by atoms with E-state index in [1.165, 1.54) is 5.56 Å². The Morgan fingerprint density at radius 1 is 1.29 bits per heavy atom. The molecule has 1 atom stereocenters. The fourth-order valence-corrected chi connectivity index (χ4v) is 6.68. The maximum atomic E-state index is 12.4. The Hall–Kier alpha value is -2.73. The summed E-state index contributed by atoms with van der Waals surface area (Å²) in [7, 11) is -3.30. The molecule has 34 heavy (non-hydrogen) atoms. The SMILES string of the molecule is CCCS(=O)(=O)N[C@@H]1CCCc2c(-c3cnc(-c4ccc(OC(C)C)c(C#N)c4)s3)cccc21. The van der Waals surface area contributed by atoms with Gasteiger partial charge in [-0.15, -0.1) is 11.3 Å². The summed E-state index contributed by atoms with van der Waals surface area (Å²) in [6.07, 6.45) is 5.09. The molecule has 6 nitrogen and oxygen atoms in total. The van der Waals surface area contributed by atoms with E-state index in [1.807, 2.05) is 57.3 Å². The van der Waals surface area contributed by atoms with E-state index in [1.54, 1.807) is 11.3 Å². The quantitative estimate of drug-likeness (QED) is 0.424. The molecule has 0 amide bonds. The molecule has 1 aliphatic carbocycles. The largest absolute Gasteiger partial charge is 0.490 e. The first-order chi connectivity index (χ1) is 16.3. The van der Waals surface area contributed by atoms with Crippen LogP contribution >= 0.6 is 11.3 Å². The van der Waals surface area contributed by atoms with Gasteiger partial charge in [-0.05, 0) is 74.4 Å². The molecule has 3 aromatic rings. The van der Waals surface area contributed by atoms with Gasteiger partial charge in [0.1, 0.15) is 16.8 Å². The summed E-state index contributed by atoms with van der Waals surface area (Å²) >= 11 is 1.57. The van der Waals surface area contributed by atoms with Gasteiger partial charge in [0, 0.05) is 17.8 Å². The van der Waals surface area contributed by atoms with E-state index in [0.29, 0.717) is 17.7 Å². The van der Waals surface area contributed by atoms with Gasteiger partial charge in [-0.25, -0.2) is 18.1 Å². The minimum Gasteiger partial charge on any atom is -0.490 e. The van der Waals surface area contributed by atoms with E-state index in [-0.39, 0.29) is 17.9 Å². The minimum absolute atomic E-state index is 0.0102. The first kappa shape index (κ1) is 24.4. The average molecular weight is 496 g/mol. The number of hydrogen-bond acceptors (Lipinski definition) is 6. The van der Waals surface area contributed by atoms with Crippen molar-refractivity contribution in [2.45, 2.75) is 58.6 Å². The molecule has 0 bridgehead atoms. The van der Waals surface area contributed by atoms with Crippen molar-refractivity contribution in [2.75, 3.05) is 5.75 Å². The third-order valence-electron chi connectivity index (χ3n) is 5.78. The molecule has 0 saturated carbocycles. The van der Waals surface area contributed by atoms with Crippen LogP contribution in [0.15, 0.2) is 42.6 Å². The van der Waals surface area contributed by atoms with Crippen molar-refractivity contribution in [2.24, 2.45) is 0 Å². The topological polar surface area (TPSA) is 92.1 Å². The highest BCUT2D eigenvalue weighted by Crippen LogP contribution is 2.40. The zero-order valence-electron chi connectivity index (χ0n) is 19.7. The van der Waals surface area contributed by atoms with Crippen molar-refractivity contribution in [1.29, 1.82) is 5.26 Å². The van der Waals surface area contributed by atoms with E-state index in [0.717, 1.165) is 45.8 Å². The van der Waals surface area contributed by atoms with Crippen LogP contribution in [0.1, 0.15) is 62.8 Å². The van der Waals surface area contributed by atoms with E-state index in [4.69, 9.17) is 4.74 Å². The highest BCUT2D eigenvalue weighted by molar-refractivity contribution is 7.89. The number of hydrogen-bond donors (Lipinski definition) is 1. The first-order valence-electron chi connectivity index (χ1n) is 11.6. The summed E-state index contributed by atoms with van der Waals surface area (Å²) in [5.41, 5.74) is 4.70. The number of aromatic nitrogens is 1. The second-order valence-electron chi connectivity index (χ2n) is 8.77. The van der Waals surface area contributed by atoms with Crippen molar-refractivity contribution in [3.05, 3.63) is 59.3 Å². The van der Waals surface area contributed by atoms with Gasteiger partial charge in [-0.1, -0.05) is 25.1 Å². The van der Waals surface area contributed by atoms with Gasteiger partial charge in [-0.2, -0.15) is 5.26 Å². The summed E-state index contributed by atoms with van der Waals surface area (Å²) in [5.74, 6) is 0.717. The monoisotopic (exact) mass is 495 g/mol. The molecule has 1 heterocycles. The predicted molar refractivity (Wildman–Crippen MR) is 136 cm³/mol. The second kappa shape index (κ2) is 10.3. The molecule has 0 spiro atoms. The number of fused-ring (bicyclic) bond motifs is 1. The van der Waals surface area contributed by atoms with Crippen LogP contribution in [0.5, 0.6) is 5.75 Å². The van der Waals surface area contributed by atoms with Crippen LogP contribution in [0.3, 0.4) is 0 Å². The maximum Gasteiger partial charge on any atom is 0.212 e. The lowest BCUT2D eigenvalue weighted by Gasteiger charge is -2.27. The molecule has 8 heteroatoms. The summed E-state index contributed by atoms with van der Waals surface area (Å²) in [6, 6.07) is 13.7. The van der Waals surface area contributed by atoms with Crippen molar-refractivity contribution in [3.8, 4) is 32.8 Å². The Labute approximate surface area is 205 Å². The number of ether oxygens (including phenoxy) is 1. The number of nitriles is 1. The lowest BCUT2D eigenvalue weighted by Crippen LogP contribution is -2.32. The fourth-order valence-electron chi connectivity index (χ4n) is 4.39. The maximum absolute atomic E-state index is 12.4. The fraction of sp³-hybridized carbons (Fsp3) is 0.385. The number of benzene rings is 2. The Morgan fingerprint density at radius 2 is 2.12 bits per heavy atom. The van der Waals surface area contributed by atoms with Crippen LogP contribution in [-0.4, -0.2) is 25.3 Å². The van der Waals surface area contributed by atoms with Gasteiger partial charge >= 0.3 is 0 Å². The zero-order chi connectivity index (χ0) is 24.3. The summed E-state index contributed by atoms with van der Waals surface area (Å²) < 4.78 is 33.5. The highest BCUT2D eigenvalue weighted by Gasteiger charge is 2.26. The van der Waals surface area contributed by atoms with Crippen LogP contribution in [0, 0.1) is 11.3 Å². The van der Waals surface area contributed by atoms with E-state index in [9.17, 15) is 13.7 Å². The standard InChI is InChI=1S/C26H29N3O3S2/c1-4-13-34(30,31)29-23-10-6-7-20-21(23)8-5-9-22(20)25-16-28-26(33-25)18-11-12-24(32-17(2)3)19(14-18)15-27/h5,8-9,11-12,14,16-17,23,29H,4,6-7,10,13H2,1-3H3/t23-/m1/s1. The zero-order valence-corrected chi connectivity index (χ0v) is 21.3. The second-order valence-corrected chi connectivity index (χ2v) is 11.7. The number of rotatable bonds is 8. The molecule has 0 fully saturated rings. The molecule has 0 saturated heterocycles. The number of sulfonamides is 1. The van der Waals surface area contributed by atoms with Gasteiger partial charge in [0.05, 0.1) is 22.3 Å². The van der Waals surface area contributed by atoms with Gasteiger partial charge in [-0.3, -0.25) is 0 Å². The smallest absolute Gasteiger partial charge is 0.212 e. The van der Waals surface area contributed by atoms with Crippen LogP contribution in [-0.2, 0) is 16.4 Å². The molecular weight excluding hydrogens is 466 g/mol. The van der Waals surface area contributed by atoms with Gasteiger partial charge in [0.2, 0.25) is 10.0 Å². The van der Waals surface area contributed by atoms with Crippen molar-refractivity contribution in [3.63, 3.8) is 0 Å². The number of thiazole rings is 1. The Kier molecular flexibility index (Phi) is 7.36. The number of nitrogens with zero attached hydrogens (tertiary/aromatic N) is 2. The number of nitrogens with one attached hydrogen (secondary N) is 1. The van der Waals surface area contributed by atoms with Crippen LogP contribution in [0.4, 0.5) is 0 Å². The first-order valence-corrected chi connectivity index (χ1v) is 14.1. The molecule has 0 unspecified atom stereocenters. The van der Waals surface area contributed by atoms with E-state index < -0.39 is 10.0 Å². The van der Waals surface area contributed by atoms with Gasteiger partial charge in [0.25, 0.3) is 0 Å². The molecule has 1 N–H and O–H groups in total. The van der Waals surface area contributed by atoms with Crippen molar-refractivity contribution in [1.82, 2.24) is 9.71 Å². The van der Waals surface area contributed by atoms with E-state index >= 15 is 0 Å². The Morgan fingerprint density at radius 3 is 2.85 bits per heavy atom. The summed E-state index contributed by atoms with van der Waals surface area (Å²) in [6.45, 7) is 5.74. The third kappa shape index (κ3) is 5.33. The van der Waals surface area contributed by atoms with Crippen molar-refractivity contribution >= 4 is 21.4 Å². The van der Waals surface area contributed by atoms with Gasteiger partial charge in [0.15, 0.2) is 0 Å². The van der Waals surface area contributed by atoms with Gasteiger partial charge < -0.3 is 4.74 Å². The van der Waals surface area contributed by atoms with Crippen LogP contribution in [0.2, 0.25) is 0 Å². The normalized spacial score (nSPS) is 15.7. The van der Waals surface area contributed by atoms with Crippen LogP contribution in [0.25, 0.3) is 21.0 Å². The summed E-state index contributed by atoms with van der Waals surface area (Å²) in [4.78, 5) is 5.67. The Bertz CT molecular complexity index is 1320. The molecule has 1 aromatic heterocycles. The lowest BCUT2D eigenvalue weighted by molar-refractivity contribution is 0.242. The van der Waals surface area contributed by atoms with E-state index in [2.05, 4.69) is 21.8 Å². The molecule has 1 aliphatic rings. The minimum atomic E-state index is -3.30. The Balaban J connectivity index is 1.65. The summed E-state index contributed by atoms with van der Waals surface area (Å²) in [5, 5.41) is 10.4. The lowest BCUT2D eigenvalue weighted by atomic mass is 9.85. The predicted octanol–water partition coefficient (Wildman–Crippen LogP) is 5.84. The highest BCUT2D eigenvalue weighted by atomic mass is 32.2. The molecule has 178 valence electrons. The third-order valence-corrected chi connectivity index (χ3v) is 8.45. The van der Waals surface area contributed by atoms with Crippen LogP contribution < -0.4 is 9.46 Å². The molecule has 0 aliphatic heterocycles. The van der Waals surface area contributed by atoms with Crippen molar-refractivity contribution < 1.29 is 13.2 Å². The average Bonchev–Trinajstić information content (AvgIpc) is 3.28. The molecule has 4 rings (SSSR count). The molecular formula is C26H29N3O3S2. The molecule has 2 aromatic carbocycles. The molecule has 0 radical (unpaired) electrons.